The predicted molar refractivity (Wildman–Crippen MR) is 72.1 cm³/mol. The molecule has 0 spiro atoms. The fourth-order valence-corrected chi connectivity index (χ4v) is 2.31. The van der Waals surface area contributed by atoms with Crippen molar-refractivity contribution in [1.82, 2.24) is 14.5 Å². The molecule has 0 aliphatic heterocycles. The molecular formula is C14H16N4. The fraction of sp³-hybridized carbons (Fsp3) is 0.214. The number of H-pyrrole nitrogens is 1. The van der Waals surface area contributed by atoms with Gasteiger partial charge in [0.25, 0.3) is 0 Å². The molecule has 2 aromatic heterocycles. The van der Waals surface area contributed by atoms with Gasteiger partial charge in [0.15, 0.2) is 0 Å². The summed E-state index contributed by atoms with van der Waals surface area (Å²) in [4.78, 5) is 7.30. The number of nitrogens with one attached hydrogen (secondary N) is 1. The van der Waals surface area contributed by atoms with E-state index >= 15 is 0 Å². The molecule has 3 N–H and O–H groups in total. The number of fused-ring (bicyclic) bond motifs is 1. The highest BCUT2D eigenvalue weighted by molar-refractivity contribution is 5.79. The molecule has 0 saturated carbocycles. The lowest BCUT2D eigenvalue weighted by Crippen LogP contribution is -2.16. The second-order valence-electron chi connectivity index (χ2n) is 4.64. The summed E-state index contributed by atoms with van der Waals surface area (Å²) < 4.78 is 1.97. The van der Waals surface area contributed by atoms with Crippen molar-refractivity contribution in [3.05, 3.63) is 54.2 Å². The Kier molecular flexibility index (Phi) is 2.64. The molecule has 2 heterocycles. The van der Waals surface area contributed by atoms with Gasteiger partial charge in [0.2, 0.25) is 0 Å². The molecule has 0 fully saturated rings. The van der Waals surface area contributed by atoms with Crippen molar-refractivity contribution in [3.63, 3.8) is 0 Å². The first-order chi connectivity index (χ1) is 8.74. The van der Waals surface area contributed by atoms with Crippen LogP contribution >= 0.6 is 0 Å². The maximum Gasteiger partial charge on any atom is 0.0946 e. The maximum absolute atomic E-state index is 6.22. The third kappa shape index (κ3) is 1.91. The zero-order valence-corrected chi connectivity index (χ0v) is 10.3. The molecule has 3 rings (SSSR count). The van der Waals surface area contributed by atoms with Gasteiger partial charge in [-0.1, -0.05) is 6.07 Å². The number of hydrogen-bond acceptors (Lipinski definition) is 2. The van der Waals surface area contributed by atoms with Crippen LogP contribution in [0.5, 0.6) is 0 Å². The summed E-state index contributed by atoms with van der Waals surface area (Å²) in [5, 5.41) is 1.23. The van der Waals surface area contributed by atoms with E-state index in [1.165, 1.54) is 10.9 Å². The average molecular weight is 240 g/mol. The van der Waals surface area contributed by atoms with Crippen LogP contribution in [0.15, 0.2) is 43.0 Å². The minimum absolute atomic E-state index is 0.0195. The Morgan fingerprint density at radius 2 is 2.28 bits per heavy atom. The number of imidazole rings is 1. The number of aromatic amines is 1. The Hall–Kier alpha value is -2.07. The van der Waals surface area contributed by atoms with E-state index < -0.39 is 0 Å². The van der Waals surface area contributed by atoms with Crippen LogP contribution in [-0.4, -0.2) is 14.5 Å². The van der Waals surface area contributed by atoms with Gasteiger partial charge in [-0.3, -0.25) is 0 Å². The van der Waals surface area contributed by atoms with E-state index in [1.54, 1.807) is 6.33 Å². The third-order valence-electron chi connectivity index (χ3n) is 3.31. The highest BCUT2D eigenvalue weighted by Crippen LogP contribution is 2.19. The second kappa shape index (κ2) is 4.31. The quantitative estimate of drug-likeness (QED) is 0.737. The van der Waals surface area contributed by atoms with Gasteiger partial charge in [0, 0.05) is 25.0 Å². The smallest absolute Gasteiger partial charge is 0.0946 e. The average Bonchev–Trinajstić information content (AvgIpc) is 2.96. The van der Waals surface area contributed by atoms with Crippen LogP contribution in [-0.2, 0) is 13.5 Å². The van der Waals surface area contributed by atoms with Gasteiger partial charge in [-0.2, -0.15) is 0 Å². The number of nitrogens with two attached hydrogens (primary N) is 1. The van der Waals surface area contributed by atoms with Crippen molar-refractivity contribution in [2.45, 2.75) is 12.5 Å². The highest BCUT2D eigenvalue weighted by atomic mass is 15.0. The van der Waals surface area contributed by atoms with Gasteiger partial charge in [0.1, 0.15) is 0 Å². The molecule has 0 aliphatic rings. The number of aromatic nitrogens is 3. The first-order valence-electron chi connectivity index (χ1n) is 6.02. The minimum Gasteiger partial charge on any atom is -0.361 e. The van der Waals surface area contributed by atoms with E-state index in [9.17, 15) is 0 Å². The summed E-state index contributed by atoms with van der Waals surface area (Å²) in [5.41, 5.74) is 9.69. The molecule has 18 heavy (non-hydrogen) atoms. The molecule has 4 nitrogen and oxygen atoms in total. The van der Waals surface area contributed by atoms with Crippen LogP contribution in [0.4, 0.5) is 0 Å². The van der Waals surface area contributed by atoms with Crippen LogP contribution in [0.3, 0.4) is 0 Å². The standard InChI is InChI=1S/C14H16N4/c1-18-9-16-8-14(18)12(15)7-10-2-3-13-11(6-10)4-5-17-13/h2-6,8-9,12,17H,7,15H2,1H3. The Morgan fingerprint density at radius 3 is 3.06 bits per heavy atom. The highest BCUT2D eigenvalue weighted by Gasteiger charge is 2.10. The van der Waals surface area contributed by atoms with Crippen molar-refractivity contribution < 1.29 is 0 Å². The van der Waals surface area contributed by atoms with Crippen LogP contribution in [0.1, 0.15) is 17.3 Å². The minimum atomic E-state index is -0.0195. The molecule has 0 radical (unpaired) electrons. The van der Waals surface area contributed by atoms with E-state index in [0.717, 1.165) is 17.6 Å². The van der Waals surface area contributed by atoms with Gasteiger partial charge in [-0.05, 0) is 35.6 Å². The number of hydrogen-bond donors (Lipinski definition) is 2. The first-order valence-corrected chi connectivity index (χ1v) is 6.02. The van der Waals surface area contributed by atoms with E-state index in [1.807, 2.05) is 24.0 Å². The second-order valence-corrected chi connectivity index (χ2v) is 4.64. The van der Waals surface area contributed by atoms with Crippen molar-refractivity contribution in [3.8, 4) is 0 Å². The Labute approximate surface area is 105 Å². The fourth-order valence-electron chi connectivity index (χ4n) is 2.31. The van der Waals surface area contributed by atoms with E-state index in [4.69, 9.17) is 5.73 Å². The van der Waals surface area contributed by atoms with E-state index in [2.05, 4.69) is 34.2 Å². The molecule has 4 heteroatoms. The van der Waals surface area contributed by atoms with Crippen LogP contribution in [0, 0.1) is 0 Å². The molecule has 0 bridgehead atoms. The van der Waals surface area contributed by atoms with Crippen molar-refractivity contribution in [1.29, 1.82) is 0 Å². The number of rotatable bonds is 3. The topological polar surface area (TPSA) is 59.6 Å². The lowest BCUT2D eigenvalue weighted by molar-refractivity contribution is 0.656. The monoisotopic (exact) mass is 240 g/mol. The summed E-state index contributed by atoms with van der Waals surface area (Å²) in [7, 11) is 1.97. The Bertz CT molecular complexity index is 665. The van der Waals surface area contributed by atoms with Gasteiger partial charge < -0.3 is 15.3 Å². The summed E-state index contributed by atoms with van der Waals surface area (Å²) >= 11 is 0. The molecule has 1 atom stereocenters. The molecule has 0 saturated heterocycles. The van der Waals surface area contributed by atoms with Gasteiger partial charge >= 0.3 is 0 Å². The zero-order valence-electron chi connectivity index (χ0n) is 10.3. The van der Waals surface area contributed by atoms with Gasteiger partial charge in [0.05, 0.1) is 18.1 Å². The number of aryl methyl sites for hydroxylation is 1. The number of nitrogens with zero attached hydrogens (tertiary/aromatic N) is 2. The van der Waals surface area contributed by atoms with E-state index in [-0.39, 0.29) is 6.04 Å². The lowest BCUT2D eigenvalue weighted by Gasteiger charge is -2.12. The molecule has 0 aliphatic carbocycles. The van der Waals surface area contributed by atoms with Crippen LogP contribution < -0.4 is 5.73 Å². The van der Waals surface area contributed by atoms with E-state index in [0.29, 0.717) is 0 Å². The maximum atomic E-state index is 6.22. The van der Waals surface area contributed by atoms with Crippen molar-refractivity contribution in [2.75, 3.05) is 0 Å². The molecule has 3 aromatic rings. The number of benzene rings is 1. The largest absolute Gasteiger partial charge is 0.361 e. The van der Waals surface area contributed by atoms with Crippen molar-refractivity contribution >= 4 is 10.9 Å². The van der Waals surface area contributed by atoms with Crippen LogP contribution in [0.2, 0.25) is 0 Å². The summed E-state index contributed by atoms with van der Waals surface area (Å²) in [6.07, 6.45) is 6.39. The Morgan fingerprint density at radius 1 is 1.39 bits per heavy atom. The van der Waals surface area contributed by atoms with Gasteiger partial charge in [-0.25, -0.2) is 4.98 Å². The molecule has 1 aromatic carbocycles. The molecule has 0 amide bonds. The molecule has 92 valence electrons. The molecular weight excluding hydrogens is 224 g/mol. The Balaban J connectivity index is 1.85. The summed E-state index contributed by atoms with van der Waals surface area (Å²) in [5.74, 6) is 0. The predicted octanol–water partition coefficient (Wildman–Crippen LogP) is 2.14. The zero-order chi connectivity index (χ0) is 12.5. The molecule has 1 unspecified atom stereocenters. The van der Waals surface area contributed by atoms with Gasteiger partial charge in [-0.15, -0.1) is 0 Å². The van der Waals surface area contributed by atoms with Crippen molar-refractivity contribution in [2.24, 2.45) is 12.8 Å². The third-order valence-corrected chi connectivity index (χ3v) is 3.31. The SMILES string of the molecule is Cn1cncc1C(N)Cc1ccc2[nH]ccc2c1. The first kappa shape index (κ1) is 11.0. The normalized spacial score (nSPS) is 13.0. The summed E-state index contributed by atoms with van der Waals surface area (Å²) in [6, 6.07) is 8.46. The lowest BCUT2D eigenvalue weighted by atomic mass is 10.0. The van der Waals surface area contributed by atoms with Crippen LogP contribution in [0.25, 0.3) is 10.9 Å². The summed E-state index contributed by atoms with van der Waals surface area (Å²) in [6.45, 7) is 0.